The van der Waals surface area contributed by atoms with Crippen molar-refractivity contribution in [1.82, 2.24) is 14.9 Å². The molecule has 0 radical (unpaired) electrons. The first-order valence-electron chi connectivity index (χ1n) is 10.7. The second-order valence-corrected chi connectivity index (χ2v) is 9.28. The summed E-state index contributed by atoms with van der Waals surface area (Å²) in [5, 5.41) is 12.8. The van der Waals surface area contributed by atoms with Crippen LogP contribution in [-0.4, -0.2) is 59.3 Å². The predicted molar refractivity (Wildman–Crippen MR) is 119 cm³/mol. The number of benzene rings is 1. The highest BCUT2D eigenvalue weighted by Crippen LogP contribution is 2.38. The summed E-state index contributed by atoms with van der Waals surface area (Å²) in [4.78, 5) is 15.3. The van der Waals surface area contributed by atoms with Crippen LogP contribution in [0, 0.1) is 11.8 Å². The van der Waals surface area contributed by atoms with Gasteiger partial charge in [0.1, 0.15) is 17.0 Å². The van der Waals surface area contributed by atoms with Gasteiger partial charge >= 0.3 is 0 Å². The maximum atomic E-state index is 9.38. The van der Waals surface area contributed by atoms with E-state index < -0.39 is 0 Å². The van der Waals surface area contributed by atoms with Crippen LogP contribution >= 0.6 is 11.3 Å². The largest absolute Gasteiger partial charge is 0.396 e. The van der Waals surface area contributed by atoms with Crippen LogP contribution in [0.2, 0.25) is 0 Å². The number of hydrogen-bond acceptors (Lipinski definition) is 6. The number of aliphatic hydroxyl groups excluding tert-OH is 1. The van der Waals surface area contributed by atoms with Gasteiger partial charge in [0.15, 0.2) is 0 Å². The fraction of sp³-hybridized carbons (Fsp3) is 0.478. The second-order valence-electron chi connectivity index (χ2n) is 8.42. The Kier molecular flexibility index (Phi) is 5.48. The first kappa shape index (κ1) is 19.0. The summed E-state index contributed by atoms with van der Waals surface area (Å²) in [5.41, 5.74) is 2.48. The normalized spacial score (nSPS) is 21.3. The number of nitrogens with zero attached hydrogens (tertiary/aromatic N) is 4. The monoisotopic (exact) mass is 408 g/mol. The average molecular weight is 409 g/mol. The van der Waals surface area contributed by atoms with Gasteiger partial charge < -0.3 is 14.9 Å². The molecule has 1 unspecified atom stereocenters. The molecule has 2 aliphatic heterocycles. The van der Waals surface area contributed by atoms with E-state index in [9.17, 15) is 5.11 Å². The number of piperidine rings is 1. The molecule has 5 nitrogen and oxygen atoms in total. The van der Waals surface area contributed by atoms with E-state index in [1.165, 1.54) is 35.9 Å². The quantitative estimate of drug-likeness (QED) is 0.694. The molecule has 2 fully saturated rings. The molecule has 0 bridgehead atoms. The molecule has 0 amide bonds. The molecule has 0 aliphatic carbocycles. The van der Waals surface area contributed by atoms with Crippen molar-refractivity contribution in [3.8, 4) is 11.1 Å². The zero-order chi connectivity index (χ0) is 19.6. The van der Waals surface area contributed by atoms with Gasteiger partial charge in [-0.25, -0.2) is 9.97 Å². The molecule has 4 heterocycles. The van der Waals surface area contributed by atoms with Crippen molar-refractivity contribution in [2.75, 3.05) is 44.2 Å². The maximum absolute atomic E-state index is 9.38. The molecule has 3 aromatic rings. The Morgan fingerprint density at radius 2 is 1.79 bits per heavy atom. The van der Waals surface area contributed by atoms with Crippen molar-refractivity contribution in [2.24, 2.45) is 11.8 Å². The van der Waals surface area contributed by atoms with Crippen molar-refractivity contribution in [2.45, 2.75) is 19.3 Å². The lowest BCUT2D eigenvalue weighted by molar-refractivity contribution is 0.205. The van der Waals surface area contributed by atoms with Crippen LogP contribution in [0.4, 0.5) is 5.82 Å². The molecule has 5 rings (SSSR count). The molecule has 1 N–H and O–H groups in total. The third-order valence-corrected chi connectivity index (χ3v) is 7.38. The van der Waals surface area contributed by atoms with Crippen molar-refractivity contribution in [1.29, 1.82) is 0 Å². The minimum atomic E-state index is 0.336. The molecule has 6 heteroatoms. The zero-order valence-electron chi connectivity index (χ0n) is 16.7. The fourth-order valence-corrected chi connectivity index (χ4v) is 5.76. The van der Waals surface area contributed by atoms with Crippen LogP contribution in [0.15, 0.2) is 42.0 Å². The summed E-state index contributed by atoms with van der Waals surface area (Å²) in [6, 6.07) is 10.6. The number of thiophene rings is 1. The first-order chi connectivity index (χ1) is 14.3. The van der Waals surface area contributed by atoms with E-state index in [4.69, 9.17) is 4.98 Å². The number of aliphatic hydroxyl groups is 1. The highest BCUT2D eigenvalue weighted by atomic mass is 32.1. The van der Waals surface area contributed by atoms with Crippen LogP contribution in [0.5, 0.6) is 0 Å². The van der Waals surface area contributed by atoms with Crippen LogP contribution in [0.25, 0.3) is 21.3 Å². The SMILES string of the molecule is OCC1CCN(CC2CCN(c3ncnc4scc(-c5ccccc5)c34)CC2)C1. The Bertz CT molecular complexity index is 952. The number of anilines is 1. The summed E-state index contributed by atoms with van der Waals surface area (Å²) in [6.45, 7) is 5.84. The van der Waals surface area contributed by atoms with Gasteiger partial charge in [0.05, 0.1) is 5.39 Å². The number of likely N-dealkylation sites (tertiary alicyclic amines) is 1. The van der Waals surface area contributed by atoms with Crippen molar-refractivity contribution < 1.29 is 5.11 Å². The first-order valence-corrected chi connectivity index (χ1v) is 11.6. The van der Waals surface area contributed by atoms with Crippen molar-refractivity contribution in [3.05, 3.63) is 42.0 Å². The fourth-order valence-electron chi connectivity index (χ4n) is 4.85. The molecule has 0 spiro atoms. The Morgan fingerprint density at radius 3 is 2.55 bits per heavy atom. The molecule has 29 heavy (non-hydrogen) atoms. The number of hydrogen-bond donors (Lipinski definition) is 1. The standard InChI is InChI=1S/C23H28N4OS/c28-14-18-6-9-26(13-18)12-17-7-10-27(11-8-17)22-21-20(19-4-2-1-3-5-19)15-29-23(21)25-16-24-22/h1-5,15-18,28H,6-14H2. The lowest BCUT2D eigenvalue weighted by Crippen LogP contribution is -2.38. The zero-order valence-corrected chi connectivity index (χ0v) is 17.5. The van der Waals surface area contributed by atoms with Gasteiger partial charge in [0.25, 0.3) is 0 Å². The molecular formula is C23H28N4OS. The summed E-state index contributed by atoms with van der Waals surface area (Å²) >= 11 is 1.71. The summed E-state index contributed by atoms with van der Waals surface area (Å²) in [6.07, 6.45) is 5.27. The van der Waals surface area contributed by atoms with E-state index in [2.05, 4.69) is 50.5 Å². The van der Waals surface area contributed by atoms with Gasteiger partial charge in [-0.3, -0.25) is 0 Å². The number of fused-ring (bicyclic) bond motifs is 1. The van der Waals surface area contributed by atoms with Crippen molar-refractivity contribution >= 4 is 27.4 Å². The third-order valence-electron chi connectivity index (χ3n) is 6.49. The minimum Gasteiger partial charge on any atom is -0.396 e. The Morgan fingerprint density at radius 1 is 1.00 bits per heavy atom. The van der Waals surface area contributed by atoms with Gasteiger partial charge in [-0.1, -0.05) is 30.3 Å². The molecule has 2 aromatic heterocycles. The summed E-state index contributed by atoms with van der Waals surface area (Å²) < 4.78 is 0. The molecule has 0 saturated carbocycles. The van der Waals surface area contributed by atoms with Gasteiger partial charge in [-0.2, -0.15) is 0 Å². The van der Waals surface area contributed by atoms with Crippen LogP contribution in [0.1, 0.15) is 19.3 Å². The number of rotatable bonds is 5. The Balaban J connectivity index is 1.32. The van der Waals surface area contributed by atoms with Crippen LogP contribution in [0.3, 0.4) is 0 Å². The lowest BCUT2D eigenvalue weighted by Gasteiger charge is -2.35. The highest BCUT2D eigenvalue weighted by Gasteiger charge is 2.28. The molecule has 2 saturated heterocycles. The highest BCUT2D eigenvalue weighted by molar-refractivity contribution is 7.17. The topological polar surface area (TPSA) is 52.5 Å². The van der Waals surface area contributed by atoms with E-state index in [0.29, 0.717) is 12.5 Å². The van der Waals surface area contributed by atoms with Crippen LogP contribution in [-0.2, 0) is 0 Å². The van der Waals surface area contributed by atoms with Crippen LogP contribution < -0.4 is 4.90 Å². The average Bonchev–Trinajstić information content (AvgIpc) is 3.42. The molecular weight excluding hydrogens is 380 g/mol. The Hall–Kier alpha value is -2.02. The second kappa shape index (κ2) is 8.38. The van der Waals surface area contributed by atoms with E-state index in [1.54, 1.807) is 17.7 Å². The molecule has 2 aliphatic rings. The summed E-state index contributed by atoms with van der Waals surface area (Å²) in [7, 11) is 0. The van der Waals surface area contributed by atoms with E-state index in [1.807, 2.05) is 0 Å². The minimum absolute atomic E-state index is 0.336. The van der Waals surface area contributed by atoms with Gasteiger partial charge in [0.2, 0.25) is 0 Å². The van der Waals surface area contributed by atoms with Gasteiger partial charge in [-0.15, -0.1) is 11.3 Å². The van der Waals surface area contributed by atoms with Gasteiger partial charge in [0, 0.05) is 43.7 Å². The molecule has 152 valence electrons. The molecule has 1 atom stereocenters. The van der Waals surface area contributed by atoms with Crippen molar-refractivity contribution in [3.63, 3.8) is 0 Å². The Labute approximate surface area is 176 Å². The number of aromatic nitrogens is 2. The summed E-state index contributed by atoms with van der Waals surface area (Å²) in [5.74, 6) is 2.33. The maximum Gasteiger partial charge on any atom is 0.141 e. The van der Waals surface area contributed by atoms with Gasteiger partial charge in [-0.05, 0) is 43.2 Å². The third kappa shape index (κ3) is 3.89. The predicted octanol–water partition coefficient (Wildman–Crippen LogP) is 3.89. The van der Waals surface area contributed by atoms with E-state index in [-0.39, 0.29) is 0 Å². The van der Waals surface area contributed by atoms with E-state index in [0.717, 1.165) is 49.2 Å². The lowest BCUT2D eigenvalue weighted by atomic mass is 9.95. The smallest absolute Gasteiger partial charge is 0.141 e. The van der Waals surface area contributed by atoms with E-state index >= 15 is 0 Å². The molecule has 1 aromatic carbocycles.